The number of likely N-dealkylation sites (N-methyl/N-ethyl adjacent to an activating group) is 1. The number of rotatable bonds is 3. The smallest absolute Gasteiger partial charge is 0.246 e. The highest BCUT2D eigenvalue weighted by Crippen LogP contribution is 2.22. The normalized spacial score (nSPS) is 20.7. The van der Waals surface area contributed by atoms with Gasteiger partial charge in [0.1, 0.15) is 16.5 Å². The van der Waals surface area contributed by atoms with Crippen molar-refractivity contribution in [3.05, 3.63) is 29.8 Å². The Kier molecular flexibility index (Phi) is 4.17. The molecule has 1 aliphatic heterocycles. The quantitative estimate of drug-likeness (QED) is 0.914. The van der Waals surface area contributed by atoms with Gasteiger partial charge in [-0.15, -0.1) is 0 Å². The molecule has 1 N–H and O–H groups in total. The molecule has 1 fully saturated rings. The fourth-order valence-corrected chi connectivity index (χ4v) is 3.63. The van der Waals surface area contributed by atoms with Gasteiger partial charge in [0.25, 0.3) is 0 Å². The first kappa shape index (κ1) is 14.4. The number of benzene rings is 1. The van der Waals surface area contributed by atoms with Gasteiger partial charge in [-0.3, -0.25) is 0 Å². The van der Waals surface area contributed by atoms with Crippen molar-refractivity contribution >= 4 is 10.0 Å². The number of sulfonamides is 1. The van der Waals surface area contributed by atoms with Crippen LogP contribution in [0.1, 0.15) is 12.8 Å². The third kappa shape index (κ3) is 2.93. The summed E-state index contributed by atoms with van der Waals surface area (Å²) >= 11 is 0. The number of nitrogens with zero attached hydrogens (tertiary/aromatic N) is 1. The third-order valence-corrected chi connectivity index (χ3v) is 5.26. The van der Waals surface area contributed by atoms with Crippen molar-refractivity contribution in [2.24, 2.45) is 0 Å². The number of piperidine rings is 1. The summed E-state index contributed by atoms with van der Waals surface area (Å²) in [6.45, 7) is 1.37. The van der Waals surface area contributed by atoms with Gasteiger partial charge >= 0.3 is 0 Å². The summed E-state index contributed by atoms with van der Waals surface area (Å²) in [5.74, 6) is -1.70. The Balaban J connectivity index is 2.33. The summed E-state index contributed by atoms with van der Waals surface area (Å²) in [6.07, 6.45) is 1.57. The molecule has 0 bridgehead atoms. The minimum Gasteiger partial charge on any atom is -0.315 e. The highest BCUT2D eigenvalue weighted by atomic mass is 32.2. The Morgan fingerprint density at radius 3 is 2.74 bits per heavy atom. The third-order valence-electron chi connectivity index (χ3n) is 3.34. The van der Waals surface area contributed by atoms with Gasteiger partial charge in [-0.05, 0) is 37.6 Å². The maximum absolute atomic E-state index is 13.6. The van der Waals surface area contributed by atoms with Crippen LogP contribution in [0.3, 0.4) is 0 Å². The fourth-order valence-electron chi connectivity index (χ4n) is 2.17. The van der Waals surface area contributed by atoms with E-state index in [1.54, 1.807) is 0 Å². The second kappa shape index (κ2) is 5.52. The van der Waals surface area contributed by atoms with E-state index in [9.17, 15) is 17.2 Å². The molecule has 106 valence electrons. The molecule has 1 aromatic carbocycles. The van der Waals surface area contributed by atoms with Crippen LogP contribution in [0, 0.1) is 11.6 Å². The van der Waals surface area contributed by atoms with Gasteiger partial charge in [-0.1, -0.05) is 0 Å². The molecule has 1 saturated heterocycles. The van der Waals surface area contributed by atoms with Crippen LogP contribution in [0.4, 0.5) is 8.78 Å². The van der Waals surface area contributed by atoms with Crippen molar-refractivity contribution in [1.29, 1.82) is 0 Å². The Hall–Kier alpha value is -1.05. The van der Waals surface area contributed by atoms with Crippen LogP contribution >= 0.6 is 0 Å². The topological polar surface area (TPSA) is 49.4 Å². The standard InChI is InChI=1S/C12H16F2N2O2S/c1-16(10-3-2-6-15-8-10)19(17,18)12-7-9(13)4-5-11(12)14/h4-5,7,10,15H,2-3,6,8H2,1H3. The zero-order chi connectivity index (χ0) is 14.0. The Morgan fingerprint density at radius 2 is 2.11 bits per heavy atom. The van der Waals surface area contributed by atoms with Gasteiger partial charge in [0.2, 0.25) is 10.0 Å². The molecule has 1 aromatic rings. The van der Waals surface area contributed by atoms with Crippen LogP contribution in [-0.4, -0.2) is 38.9 Å². The lowest BCUT2D eigenvalue weighted by Gasteiger charge is -2.30. The van der Waals surface area contributed by atoms with Gasteiger partial charge < -0.3 is 5.32 Å². The van der Waals surface area contributed by atoms with Crippen LogP contribution in [0.25, 0.3) is 0 Å². The monoisotopic (exact) mass is 290 g/mol. The molecule has 1 atom stereocenters. The van der Waals surface area contributed by atoms with E-state index < -0.39 is 26.6 Å². The zero-order valence-electron chi connectivity index (χ0n) is 10.6. The van der Waals surface area contributed by atoms with Gasteiger partial charge in [0.05, 0.1) is 0 Å². The fraction of sp³-hybridized carbons (Fsp3) is 0.500. The van der Waals surface area contributed by atoms with Gasteiger partial charge in [0.15, 0.2) is 0 Å². The number of hydrogen-bond donors (Lipinski definition) is 1. The molecule has 1 unspecified atom stereocenters. The summed E-state index contributed by atoms with van der Waals surface area (Å²) in [5, 5.41) is 3.09. The van der Waals surface area contributed by atoms with E-state index in [2.05, 4.69) is 5.32 Å². The maximum Gasteiger partial charge on any atom is 0.246 e. The summed E-state index contributed by atoms with van der Waals surface area (Å²) in [7, 11) is -2.61. The first-order valence-corrected chi connectivity index (χ1v) is 7.51. The van der Waals surface area contributed by atoms with Gasteiger partial charge in [-0.2, -0.15) is 4.31 Å². The Labute approximate surface area is 111 Å². The largest absolute Gasteiger partial charge is 0.315 e. The van der Waals surface area contributed by atoms with E-state index in [1.165, 1.54) is 7.05 Å². The lowest BCUT2D eigenvalue weighted by Crippen LogP contribution is -2.46. The Bertz CT molecular complexity index is 557. The molecular formula is C12H16F2N2O2S. The molecule has 0 aliphatic carbocycles. The maximum atomic E-state index is 13.6. The summed E-state index contributed by atoms with van der Waals surface area (Å²) in [5.41, 5.74) is 0. The number of hydrogen-bond acceptors (Lipinski definition) is 3. The van der Waals surface area contributed by atoms with Crippen LogP contribution in [0.15, 0.2) is 23.1 Å². The summed E-state index contributed by atoms with van der Waals surface area (Å²) < 4.78 is 52.4. The average molecular weight is 290 g/mol. The van der Waals surface area contributed by atoms with Crippen LogP contribution in [0.2, 0.25) is 0 Å². The molecule has 0 aromatic heterocycles. The van der Waals surface area contributed by atoms with Crippen LogP contribution in [0.5, 0.6) is 0 Å². The van der Waals surface area contributed by atoms with Crippen molar-refractivity contribution in [3.8, 4) is 0 Å². The van der Waals surface area contributed by atoms with Crippen molar-refractivity contribution in [3.63, 3.8) is 0 Å². The minimum atomic E-state index is -4.01. The molecule has 0 spiro atoms. The molecule has 0 amide bonds. The van der Waals surface area contributed by atoms with Crippen LogP contribution < -0.4 is 5.32 Å². The lowest BCUT2D eigenvalue weighted by molar-refractivity contribution is 0.299. The molecule has 7 heteroatoms. The van der Waals surface area contributed by atoms with Crippen molar-refractivity contribution < 1.29 is 17.2 Å². The average Bonchev–Trinajstić information content (AvgIpc) is 2.41. The Morgan fingerprint density at radius 1 is 1.37 bits per heavy atom. The van der Waals surface area contributed by atoms with E-state index in [4.69, 9.17) is 0 Å². The first-order valence-electron chi connectivity index (χ1n) is 6.07. The second-order valence-electron chi connectivity index (χ2n) is 4.60. The summed E-state index contributed by atoms with van der Waals surface area (Å²) in [4.78, 5) is -0.611. The molecule has 1 heterocycles. The van der Waals surface area contributed by atoms with Gasteiger partial charge in [-0.25, -0.2) is 17.2 Å². The van der Waals surface area contributed by atoms with Crippen molar-refractivity contribution in [2.45, 2.75) is 23.8 Å². The van der Waals surface area contributed by atoms with Gasteiger partial charge in [0, 0.05) is 19.6 Å². The van der Waals surface area contributed by atoms with Crippen molar-refractivity contribution in [2.75, 3.05) is 20.1 Å². The van der Waals surface area contributed by atoms with Crippen LogP contribution in [-0.2, 0) is 10.0 Å². The highest BCUT2D eigenvalue weighted by Gasteiger charge is 2.31. The second-order valence-corrected chi connectivity index (χ2v) is 6.56. The number of halogens is 2. The molecule has 4 nitrogen and oxygen atoms in total. The predicted molar refractivity (Wildman–Crippen MR) is 67.2 cm³/mol. The number of nitrogens with one attached hydrogen (secondary N) is 1. The molecule has 0 saturated carbocycles. The molecule has 0 radical (unpaired) electrons. The molecule has 2 rings (SSSR count). The molecule has 19 heavy (non-hydrogen) atoms. The van der Waals surface area contributed by atoms with Crippen molar-refractivity contribution in [1.82, 2.24) is 9.62 Å². The van der Waals surface area contributed by atoms with E-state index >= 15 is 0 Å². The zero-order valence-corrected chi connectivity index (χ0v) is 11.4. The lowest BCUT2D eigenvalue weighted by atomic mass is 10.1. The summed E-state index contributed by atoms with van der Waals surface area (Å²) in [6, 6.07) is 2.21. The van der Waals surface area contributed by atoms with E-state index in [1.807, 2.05) is 0 Å². The van der Waals surface area contributed by atoms with E-state index in [0.717, 1.165) is 35.5 Å². The van der Waals surface area contributed by atoms with E-state index in [-0.39, 0.29) is 6.04 Å². The molecule has 1 aliphatic rings. The first-order chi connectivity index (χ1) is 8.93. The SMILES string of the molecule is CN(C1CCCNC1)S(=O)(=O)c1cc(F)ccc1F. The predicted octanol–water partition coefficient (Wildman–Crippen LogP) is 1.34. The molecular weight excluding hydrogens is 274 g/mol. The highest BCUT2D eigenvalue weighted by molar-refractivity contribution is 7.89. The van der Waals surface area contributed by atoms with E-state index in [0.29, 0.717) is 13.0 Å². The minimum absolute atomic E-state index is 0.235.